The monoisotopic (exact) mass is 326 g/mol. The number of nitrogens with one attached hydrogen (secondary N) is 2. The van der Waals surface area contributed by atoms with Gasteiger partial charge in [-0.1, -0.05) is 26.0 Å². The molecule has 126 valence electrons. The molecule has 0 aromatic heterocycles. The molecule has 0 aliphatic rings. The number of benzene rings is 2. The summed E-state index contributed by atoms with van der Waals surface area (Å²) in [6.45, 7) is 3.95. The van der Waals surface area contributed by atoms with Gasteiger partial charge in [0.15, 0.2) is 0 Å². The number of hydrogen-bond donors (Lipinski definition) is 2. The summed E-state index contributed by atoms with van der Waals surface area (Å²) in [5.41, 5.74) is 1.59. The number of amides is 2. The van der Waals surface area contributed by atoms with E-state index in [1.54, 1.807) is 55.6 Å². The second-order valence-electron chi connectivity index (χ2n) is 5.87. The Morgan fingerprint density at radius 1 is 1.00 bits per heavy atom. The van der Waals surface area contributed by atoms with Crippen molar-refractivity contribution in [3.8, 4) is 5.75 Å². The minimum Gasteiger partial charge on any atom is -0.497 e. The molecule has 0 fully saturated rings. The van der Waals surface area contributed by atoms with Crippen molar-refractivity contribution in [3.63, 3.8) is 0 Å². The quantitative estimate of drug-likeness (QED) is 0.845. The van der Waals surface area contributed by atoms with E-state index in [1.165, 1.54) is 0 Å². The highest BCUT2D eigenvalue weighted by Gasteiger charge is 2.14. The van der Waals surface area contributed by atoms with Gasteiger partial charge < -0.3 is 15.4 Å². The fourth-order valence-electron chi connectivity index (χ4n) is 2.23. The van der Waals surface area contributed by atoms with Crippen LogP contribution in [0.15, 0.2) is 48.5 Å². The van der Waals surface area contributed by atoms with Crippen molar-refractivity contribution in [3.05, 3.63) is 54.1 Å². The Kier molecular flexibility index (Phi) is 5.95. The molecule has 0 aliphatic heterocycles. The fraction of sp³-hybridized carbons (Fsp3) is 0.263. The Bertz CT molecular complexity index is 709. The maximum absolute atomic E-state index is 12.5. The molecule has 0 saturated carbocycles. The molecule has 5 nitrogen and oxygen atoms in total. The summed E-state index contributed by atoms with van der Waals surface area (Å²) in [7, 11) is 1.59. The van der Waals surface area contributed by atoms with Crippen molar-refractivity contribution >= 4 is 23.2 Å². The number of methoxy groups -OCH3 is 1. The van der Waals surface area contributed by atoms with E-state index in [9.17, 15) is 9.59 Å². The molecule has 0 atom stereocenters. The van der Waals surface area contributed by atoms with Crippen LogP contribution in [0.25, 0.3) is 0 Å². The molecule has 2 amide bonds. The fourth-order valence-corrected chi connectivity index (χ4v) is 2.23. The van der Waals surface area contributed by atoms with E-state index in [1.807, 2.05) is 13.8 Å². The Balaban J connectivity index is 2.12. The molecule has 2 N–H and O–H groups in total. The topological polar surface area (TPSA) is 67.4 Å². The number of anilines is 2. The molecule has 0 spiro atoms. The van der Waals surface area contributed by atoms with Crippen molar-refractivity contribution < 1.29 is 14.3 Å². The molecule has 0 saturated heterocycles. The lowest BCUT2D eigenvalue weighted by molar-refractivity contribution is -0.116. The average Bonchev–Trinajstić information content (AvgIpc) is 2.55. The third kappa shape index (κ3) is 4.84. The van der Waals surface area contributed by atoms with Gasteiger partial charge in [-0.3, -0.25) is 9.59 Å². The largest absolute Gasteiger partial charge is 0.497 e. The lowest BCUT2D eigenvalue weighted by Gasteiger charge is -2.12. The first-order valence-electron chi connectivity index (χ1n) is 7.84. The molecular weight excluding hydrogens is 304 g/mol. The number of carbonyl (C=O) groups is 2. The lowest BCUT2D eigenvalue weighted by atomic mass is 10.1. The smallest absolute Gasteiger partial charge is 0.257 e. The van der Waals surface area contributed by atoms with Crippen LogP contribution < -0.4 is 15.4 Å². The van der Waals surface area contributed by atoms with Gasteiger partial charge in [0, 0.05) is 12.1 Å². The predicted molar refractivity (Wildman–Crippen MR) is 95.5 cm³/mol. The summed E-state index contributed by atoms with van der Waals surface area (Å²) in [5.74, 6) is 0.593. The number of para-hydroxylation sites is 1. The highest BCUT2D eigenvalue weighted by molar-refractivity contribution is 6.10. The van der Waals surface area contributed by atoms with E-state index in [0.29, 0.717) is 29.1 Å². The van der Waals surface area contributed by atoms with Crippen LogP contribution in [0.1, 0.15) is 30.6 Å². The van der Waals surface area contributed by atoms with Crippen LogP contribution in [-0.2, 0) is 4.79 Å². The summed E-state index contributed by atoms with van der Waals surface area (Å²) in [6.07, 6.45) is 0.411. The van der Waals surface area contributed by atoms with E-state index < -0.39 is 0 Å². The first kappa shape index (κ1) is 17.5. The third-order valence-corrected chi connectivity index (χ3v) is 3.39. The summed E-state index contributed by atoms with van der Waals surface area (Å²) in [4.78, 5) is 24.5. The molecule has 2 aromatic carbocycles. The van der Waals surface area contributed by atoms with Crippen molar-refractivity contribution in [1.29, 1.82) is 0 Å². The summed E-state index contributed by atoms with van der Waals surface area (Å²) in [5, 5.41) is 5.63. The van der Waals surface area contributed by atoms with E-state index in [0.717, 1.165) is 0 Å². The van der Waals surface area contributed by atoms with E-state index in [-0.39, 0.29) is 17.7 Å². The highest BCUT2D eigenvalue weighted by atomic mass is 16.5. The molecular formula is C19H22N2O3. The maximum atomic E-state index is 12.5. The highest BCUT2D eigenvalue weighted by Crippen LogP contribution is 2.20. The van der Waals surface area contributed by atoms with Gasteiger partial charge in [-0.25, -0.2) is 0 Å². The molecule has 0 unspecified atom stereocenters. The van der Waals surface area contributed by atoms with Gasteiger partial charge >= 0.3 is 0 Å². The van der Waals surface area contributed by atoms with Crippen LogP contribution in [0.4, 0.5) is 11.4 Å². The molecule has 5 heteroatoms. The standard InChI is InChI=1S/C19H22N2O3/c1-13(2)12-18(22)21-17-7-5-4-6-16(17)19(23)20-14-8-10-15(24-3)11-9-14/h4-11,13H,12H2,1-3H3,(H,20,23)(H,21,22). The molecule has 24 heavy (non-hydrogen) atoms. The average molecular weight is 326 g/mol. The molecule has 0 bridgehead atoms. The zero-order valence-corrected chi connectivity index (χ0v) is 14.1. The number of rotatable bonds is 6. The van der Waals surface area contributed by atoms with Gasteiger partial charge in [-0.15, -0.1) is 0 Å². The third-order valence-electron chi connectivity index (χ3n) is 3.39. The zero-order valence-electron chi connectivity index (χ0n) is 14.1. The number of ether oxygens (including phenoxy) is 1. The van der Waals surface area contributed by atoms with Crippen molar-refractivity contribution in [1.82, 2.24) is 0 Å². The summed E-state index contributed by atoms with van der Waals surface area (Å²) >= 11 is 0. The zero-order chi connectivity index (χ0) is 17.5. The Hall–Kier alpha value is -2.82. The molecule has 2 rings (SSSR count). The van der Waals surface area contributed by atoms with Gasteiger partial charge in [0.2, 0.25) is 5.91 Å². The Morgan fingerprint density at radius 2 is 1.67 bits per heavy atom. The summed E-state index contributed by atoms with van der Waals surface area (Å²) in [6, 6.07) is 14.0. The molecule has 2 aromatic rings. The van der Waals surface area contributed by atoms with Gasteiger partial charge in [-0.2, -0.15) is 0 Å². The Labute approximate surface area is 142 Å². The minimum atomic E-state index is -0.277. The van der Waals surface area contributed by atoms with Crippen molar-refractivity contribution in [2.45, 2.75) is 20.3 Å². The molecule has 0 aliphatic carbocycles. The van der Waals surface area contributed by atoms with Crippen LogP contribution >= 0.6 is 0 Å². The molecule has 0 heterocycles. The first-order valence-corrected chi connectivity index (χ1v) is 7.84. The minimum absolute atomic E-state index is 0.102. The van der Waals surface area contributed by atoms with Gasteiger partial charge in [0.25, 0.3) is 5.91 Å². The SMILES string of the molecule is COc1ccc(NC(=O)c2ccccc2NC(=O)CC(C)C)cc1. The second kappa shape index (κ2) is 8.15. The first-order chi connectivity index (χ1) is 11.5. The van der Waals surface area contributed by atoms with Crippen molar-refractivity contribution in [2.75, 3.05) is 17.7 Å². The normalized spacial score (nSPS) is 10.3. The van der Waals surface area contributed by atoms with Crippen molar-refractivity contribution in [2.24, 2.45) is 5.92 Å². The lowest BCUT2D eigenvalue weighted by Crippen LogP contribution is -2.19. The maximum Gasteiger partial charge on any atom is 0.257 e. The van der Waals surface area contributed by atoms with Crippen LogP contribution in [-0.4, -0.2) is 18.9 Å². The number of hydrogen-bond acceptors (Lipinski definition) is 3. The van der Waals surface area contributed by atoms with Gasteiger partial charge in [0.05, 0.1) is 18.4 Å². The van der Waals surface area contributed by atoms with Crippen LogP contribution in [0, 0.1) is 5.92 Å². The Morgan fingerprint density at radius 3 is 2.29 bits per heavy atom. The molecule has 0 radical (unpaired) electrons. The van der Waals surface area contributed by atoms with Crippen LogP contribution in [0.3, 0.4) is 0 Å². The van der Waals surface area contributed by atoms with Gasteiger partial charge in [-0.05, 0) is 42.3 Å². The second-order valence-corrected chi connectivity index (χ2v) is 5.87. The number of carbonyl (C=O) groups excluding carboxylic acids is 2. The van der Waals surface area contributed by atoms with Crippen LogP contribution in [0.2, 0.25) is 0 Å². The van der Waals surface area contributed by atoms with E-state index in [4.69, 9.17) is 4.74 Å². The summed E-state index contributed by atoms with van der Waals surface area (Å²) < 4.78 is 5.09. The predicted octanol–water partition coefficient (Wildman–Crippen LogP) is 3.93. The van der Waals surface area contributed by atoms with Crippen LogP contribution in [0.5, 0.6) is 5.75 Å². The van der Waals surface area contributed by atoms with Gasteiger partial charge in [0.1, 0.15) is 5.75 Å². The van der Waals surface area contributed by atoms with E-state index >= 15 is 0 Å². The van der Waals surface area contributed by atoms with E-state index in [2.05, 4.69) is 10.6 Å².